The summed E-state index contributed by atoms with van der Waals surface area (Å²) in [7, 11) is 0. The molecule has 1 fully saturated rings. The Kier molecular flexibility index (Phi) is 5.89. The first-order chi connectivity index (χ1) is 16.2. The lowest BCUT2D eigenvalue weighted by Gasteiger charge is -2.26. The maximum atomic E-state index is 12.8. The molecular formula is C24H27N7O2. The number of hydrogen-bond acceptors (Lipinski definition) is 6. The first-order valence-corrected chi connectivity index (χ1v) is 11.2. The summed E-state index contributed by atoms with van der Waals surface area (Å²) in [6.07, 6.45) is 5.40. The molecule has 0 unspecified atom stereocenters. The molecule has 1 aliphatic heterocycles. The number of amides is 1. The number of morpholine rings is 1. The lowest BCUT2D eigenvalue weighted by molar-refractivity contribution is 0.0299. The zero-order valence-electron chi connectivity index (χ0n) is 18.8. The molecular weight excluding hydrogens is 418 g/mol. The Hall–Kier alpha value is -3.56. The molecule has 9 nitrogen and oxygen atoms in total. The van der Waals surface area contributed by atoms with E-state index in [-0.39, 0.29) is 5.91 Å². The molecule has 0 spiro atoms. The van der Waals surface area contributed by atoms with Gasteiger partial charge >= 0.3 is 0 Å². The molecule has 4 heterocycles. The van der Waals surface area contributed by atoms with Crippen LogP contribution < -0.4 is 5.32 Å². The van der Waals surface area contributed by atoms with Crippen LogP contribution in [0, 0.1) is 6.92 Å². The largest absolute Gasteiger partial charge is 0.378 e. The predicted octanol–water partition coefficient (Wildman–Crippen LogP) is 2.91. The van der Waals surface area contributed by atoms with Crippen LogP contribution in [0.4, 0.5) is 0 Å². The molecule has 1 aliphatic rings. The highest BCUT2D eigenvalue weighted by atomic mass is 16.5. The fourth-order valence-corrected chi connectivity index (χ4v) is 4.15. The van der Waals surface area contributed by atoms with Crippen molar-refractivity contribution in [3.05, 3.63) is 53.6 Å². The van der Waals surface area contributed by atoms with Crippen LogP contribution in [0.25, 0.3) is 33.5 Å². The zero-order valence-corrected chi connectivity index (χ0v) is 18.8. The van der Waals surface area contributed by atoms with E-state index in [9.17, 15) is 4.79 Å². The molecule has 0 aliphatic carbocycles. The van der Waals surface area contributed by atoms with Crippen molar-refractivity contribution in [1.29, 1.82) is 0 Å². The van der Waals surface area contributed by atoms with Gasteiger partial charge in [0.15, 0.2) is 5.82 Å². The van der Waals surface area contributed by atoms with Crippen molar-refractivity contribution < 1.29 is 9.53 Å². The minimum Gasteiger partial charge on any atom is -0.378 e. The third kappa shape index (κ3) is 4.12. The monoisotopic (exact) mass is 445 g/mol. The first-order valence-electron chi connectivity index (χ1n) is 11.2. The highest BCUT2D eigenvalue weighted by molar-refractivity contribution is 5.96. The van der Waals surface area contributed by atoms with Crippen LogP contribution in [0.5, 0.6) is 0 Å². The van der Waals surface area contributed by atoms with Gasteiger partial charge in [0.25, 0.3) is 5.91 Å². The Morgan fingerprint density at radius 3 is 2.88 bits per heavy atom. The van der Waals surface area contributed by atoms with E-state index in [0.717, 1.165) is 35.1 Å². The number of aromatic amines is 2. The van der Waals surface area contributed by atoms with Gasteiger partial charge in [0.1, 0.15) is 11.4 Å². The van der Waals surface area contributed by atoms with Crippen LogP contribution in [-0.2, 0) is 11.3 Å². The van der Waals surface area contributed by atoms with Gasteiger partial charge in [0.2, 0.25) is 0 Å². The number of pyridine rings is 1. The predicted molar refractivity (Wildman–Crippen MR) is 126 cm³/mol. The maximum Gasteiger partial charge on any atom is 0.272 e. The molecule has 0 bridgehead atoms. The SMILES string of the molecule is CCNCc1cncc(-c2ccc3[nH]nc(-c4ncc(C(=O)N5CCOCC5)[nH]4)c3c2)c1C. The second-order valence-electron chi connectivity index (χ2n) is 8.13. The van der Waals surface area contributed by atoms with Crippen molar-refractivity contribution in [2.45, 2.75) is 20.4 Å². The molecule has 0 radical (unpaired) electrons. The van der Waals surface area contributed by atoms with E-state index < -0.39 is 0 Å². The number of nitrogens with zero attached hydrogens (tertiary/aromatic N) is 4. The fourth-order valence-electron chi connectivity index (χ4n) is 4.15. The third-order valence-electron chi connectivity index (χ3n) is 6.09. The Morgan fingerprint density at radius 2 is 2.06 bits per heavy atom. The average molecular weight is 446 g/mol. The molecule has 0 saturated carbocycles. The number of carbonyl (C=O) groups excluding carboxylic acids is 1. The maximum absolute atomic E-state index is 12.8. The van der Waals surface area contributed by atoms with Crippen molar-refractivity contribution in [3.8, 4) is 22.6 Å². The van der Waals surface area contributed by atoms with Gasteiger partial charge in [-0.05, 0) is 42.3 Å². The zero-order chi connectivity index (χ0) is 22.8. The molecule has 5 rings (SSSR count). The number of carbonyl (C=O) groups is 1. The summed E-state index contributed by atoms with van der Waals surface area (Å²) in [4.78, 5) is 26.6. The Bertz CT molecular complexity index is 1290. The van der Waals surface area contributed by atoms with Crippen molar-refractivity contribution >= 4 is 16.8 Å². The van der Waals surface area contributed by atoms with E-state index in [1.54, 1.807) is 11.1 Å². The summed E-state index contributed by atoms with van der Waals surface area (Å²) in [6, 6.07) is 6.18. The minimum atomic E-state index is -0.0724. The molecule has 9 heteroatoms. The number of nitrogens with one attached hydrogen (secondary N) is 3. The molecule has 3 aromatic heterocycles. The van der Waals surface area contributed by atoms with E-state index >= 15 is 0 Å². The summed E-state index contributed by atoms with van der Waals surface area (Å²) < 4.78 is 5.34. The number of hydrogen-bond donors (Lipinski definition) is 3. The summed E-state index contributed by atoms with van der Waals surface area (Å²) in [6.45, 7) is 8.20. The Morgan fingerprint density at radius 1 is 1.21 bits per heavy atom. The molecule has 3 N–H and O–H groups in total. The average Bonchev–Trinajstić information content (AvgIpc) is 3.50. The number of ether oxygens (including phenoxy) is 1. The van der Waals surface area contributed by atoms with Crippen molar-refractivity contribution in [2.24, 2.45) is 0 Å². The van der Waals surface area contributed by atoms with E-state index in [2.05, 4.69) is 56.4 Å². The third-order valence-corrected chi connectivity index (χ3v) is 6.09. The molecule has 0 atom stereocenters. The van der Waals surface area contributed by atoms with Gasteiger partial charge in [0, 0.05) is 43.0 Å². The lowest BCUT2D eigenvalue weighted by atomic mass is 9.98. The summed E-state index contributed by atoms with van der Waals surface area (Å²) in [5.41, 5.74) is 6.57. The number of fused-ring (bicyclic) bond motifs is 1. The van der Waals surface area contributed by atoms with Crippen LogP contribution in [0.15, 0.2) is 36.8 Å². The van der Waals surface area contributed by atoms with Gasteiger partial charge in [-0.2, -0.15) is 5.10 Å². The molecule has 1 saturated heterocycles. The number of rotatable bonds is 6. The number of H-pyrrole nitrogens is 2. The Balaban J connectivity index is 1.48. The lowest BCUT2D eigenvalue weighted by Crippen LogP contribution is -2.40. The highest BCUT2D eigenvalue weighted by Crippen LogP contribution is 2.31. The van der Waals surface area contributed by atoms with Crippen molar-refractivity contribution in [2.75, 3.05) is 32.8 Å². The van der Waals surface area contributed by atoms with Gasteiger partial charge in [-0.25, -0.2) is 4.98 Å². The van der Waals surface area contributed by atoms with Crippen molar-refractivity contribution in [1.82, 2.24) is 35.4 Å². The van der Waals surface area contributed by atoms with E-state index in [4.69, 9.17) is 4.74 Å². The van der Waals surface area contributed by atoms with Crippen molar-refractivity contribution in [3.63, 3.8) is 0 Å². The molecule has 1 aromatic carbocycles. The summed E-state index contributed by atoms with van der Waals surface area (Å²) >= 11 is 0. The van der Waals surface area contributed by atoms with Gasteiger partial charge in [-0.3, -0.25) is 14.9 Å². The Labute approximate surface area is 191 Å². The number of benzene rings is 1. The minimum absolute atomic E-state index is 0.0724. The van der Waals surface area contributed by atoms with Gasteiger partial charge in [-0.1, -0.05) is 13.0 Å². The normalized spacial score (nSPS) is 14.2. The molecule has 170 valence electrons. The standard InChI is InChI=1S/C24H27N7O2/c1-3-25-11-17-12-26-13-19(15(17)2)16-4-5-20-18(10-16)22(30-29-20)23-27-14-21(28-23)24(32)31-6-8-33-9-7-31/h4-5,10,12-14,25H,3,6-9,11H2,1-2H3,(H,27,28)(H,29,30). The summed E-state index contributed by atoms with van der Waals surface area (Å²) in [5, 5.41) is 11.9. The highest BCUT2D eigenvalue weighted by Gasteiger charge is 2.22. The molecule has 4 aromatic rings. The number of aromatic nitrogens is 5. The first kappa shape index (κ1) is 21.3. The topological polar surface area (TPSA) is 112 Å². The molecule has 33 heavy (non-hydrogen) atoms. The summed E-state index contributed by atoms with van der Waals surface area (Å²) in [5.74, 6) is 0.488. The molecule has 1 amide bonds. The van der Waals surface area contributed by atoms with Crippen LogP contribution in [-0.4, -0.2) is 68.8 Å². The van der Waals surface area contributed by atoms with Crippen LogP contribution in [0.2, 0.25) is 0 Å². The smallest absolute Gasteiger partial charge is 0.272 e. The van der Waals surface area contributed by atoms with E-state index in [1.165, 1.54) is 11.1 Å². The van der Waals surface area contributed by atoms with Crippen LogP contribution in [0.3, 0.4) is 0 Å². The van der Waals surface area contributed by atoms with Gasteiger partial charge in [-0.15, -0.1) is 0 Å². The van der Waals surface area contributed by atoms with Gasteiger partial charge in [0.05, 0.1) is 24.9 Å². The fraction of sp³-hybridized carbons (Fsp3) is 0.333. The second kappa shape index (κ2) is 9.13. The number of imidazole rings is 1. The van der Waals surface area contributed by atoms with E-state index in [1.807, 2.05) is 18.5 Å². The van der Waals surface area contributed by atoms with Gasteiger partial charge < -0.3 is 19.9 Å². The quantitative estimate of drug-likeness (QED) is 0.421. The second-order valence-corrected chi connectivity index (χ2v) is 8.13. The van der Waals surface area contributed by atoms with E-state index in [0.29, 0.717) is 43.5 Å². The van der Waals surface area contributed by atoms with Crippen LogP contribution >= 0.6 is 0 Å². The van der Waals surface area contributed by atoms with Crippen LogP contribution in [0.1, 0.15) is 28.5 Å².